The van der Waals surface area contributed by atoms with Gasteiger partial charge in [-0.15, -0.1) is 3.89 Å². The average Bonchev–Trinajstić information content (AvgIpc) is 2.60. The summed E-state index contributed by atoms with van der Waals surface area (Å²) in [7, 11) is -4.54. The molecule has 7 heteroatoms. The van der Waals surface area contributed by atoms with Gasteiger partial charge >= 0.3 is 10.2 Å². The van der Waals surface area contributed by atoms with Crippen LogP contribution in [0.1, 0.15) is 12.0 Å². The van der Waals surface area contributed by atoms with Crippen LogP contribution in [0.5, 0.6) is 0 Å². The summed E-state index contributed by atoms with van der Waals surface area (Å²) in [5, 5.41) is 0. The number of carbonyl (C=O) groups is 1. The molecule has 0 aromatic heterocycles. The standard InChI is InChI=1S/C12H13FINO3S/c1-8-2-3-10(14)11(4-8)15-6-9(5-12(15)16)7-19(13,17)18/h2-4,9H,5-7H2,1H3. The normalized spacial score (nSPS) is 20.1. The van der Waals surface area contributed by atoms with Crippen LogP contribution in [0.25, 0.3) is 0 Å². The third-order valence-corrected chi connectivity index (χ3v) is 4.81. The predicted molar refractivity (Wildman–Crippen MR) is 79.3 cm³/mol. The van der Waals surface area contributed by atoms with Gasteiger partial charge in [0.1, 0.15) is 0 Å². The van der Waals surface area contributed by atoms with Crippen LogP contribution < -0.4 is 4.90 Å². The van der Waals surface area contributed by atoms with Crippen LogP contribution in [0.2, 0.25) is 0 Å². The molecule has 2 rings (SSSR count). The SMILES string of the molecule is Cc1ccc(I)c(N2CC(CS(=O)(=O)F)CC2=O)c1. The number of amides is 1. The van der Waals surface area contributed by atoms with E-state index in [1.807, 2.05) is 25.1 Å². The Labute approximate surface area is 125 Å². The highest BCUT2D eigenvalue weighted by Crippen LogP contribution is 2.30. The van der Waals surface area contributed by atoms with Crippen molar-refractivity contribution in [2.45, 2.75) is 13.3 Å². The van der Waals surface area contributed by atoms with Crippen LogP contribution in [-0.4, -0.2) is 26.6 Å². The van der Waals surface area contributed by atoms with Gasteiger partial charge in [0.15, 0.2) is 0 Å². The Balaban J connectivity index is 2.23. The van der Waals surface area contributed by atoms with Gasteiger partial charge in [-0.1, -0.05) is 6.07 Å². The number of rotatable bonds is 3. The number of aryl methyl sites for hydroxylation is 1. The Morgan fingerprint density at radius 1 is 1.47 bits per heavy atom. The highest BCUT2D eigenvalue weighted by atomic mass is 127. The van der Waals surface area contributed by atoms with Gasteiger partial charge in [-0.3, -0.25) is 4.79 Å². The topological polar surface area (TPSA) is 54.5 Å². The van der Waals surface area contributed by atoms with Crippen LogP contribution in [-0.2, 0) is 15.0 Å². The fourth-order valence-electron chi connectivity index (χ4n) is 2.24. The lowest BCUT2D eigenvalue weighted by molar-refractivity contribution is -0.117. The first-order valence-electron chi connectivity index (χ1n) is 5.75. The second-order valence-corrected chi connectivity index (χ2v) is 7.31. The molecule has 1 aromatic carbocycles. The maximum Gasteiger partial charge on any atom is 0.302 e. The molecule has 1 atom stereocenters. The van der Waals surface area contributed by atoms with Gasteiger partial charge < -0.3 is 4.90 Å². The van der Waals surface area contributed by atoms with E-state index in [4.69, 9.17) is 0 Å². The lowest BCUT2D eigenvalue weighted by atomic mass is 10.1. The van der Waals surface area contributed by atoms with Gasteiger partial charge in [-0.2, -0.15) is 8.42 Å². The molecule has 1 amide bonds. The average molecular weight is 397 g/mol. The fraction of sp³-hybridized carbons (Fsp3) is 0.417. The highest BCUT2D eigenvalue weighted by molar-refractivity contribution is 14.1. The molecule has 1 aliphatic rings. The summed E-state index contributed by atoms with van der Waals surface area (Å²) >= 11 is 2.13. The van der Waals surface area contributed by atoms with Crippen molar-refractivity contribution in [2.24, 2.45) is 5.92 Å². The third-order valence-electron chi connectivity index (χ3n) is 3.03. The van der Waals surface area contributed by atoms with Crippen LogP contribution in [0.4, 0.5) is 9.57 Å². The van der Waals surface area contributed by atoms with E-state index in [0.717, 1.165) is 14.8 Å². The van der Waals surface area contributed by atoms with E-state index < -0.39 is 21.9 Å². The summed E-state index contributed by atoms with van der Waals surface area (Å²) in [6.45, 7) is 2.17. The van der Waals surface area contributed by atoms with E-state index in [9.17, 15) is 17.1 Å². The molecule has 1 heterocycles. The molecule has 0 radical (unpaired) electrons. The molecule has 0 saturated carbocycles. The molecule has 1 unspecified atom stereocenters. The van der Waals surface area contributed by atoms with Crippen LogP contribution in [0.15, 0.2) is 18.2 Å². The number of hydrogen-bond acceptors (Lipinski definition) is 3. The van der Waals surface area contributed by atoms with E-state index in [1.54, 1.807) is 4.90 Å². The van der Waals surface area contributed by atoms with Crippen molar-refractivity contribution in [2.75, 3.05) is 17.2 Å². The van der Waals surface area contributed by atoms with E-state index >= 15 is 0 Å². The lowest BCUT2D eigenvalue weighted by Gasteiger charge is -2.18. The largest absolute Gasteiger partial charge is 0.311 e. The zero-order valence-electron chi connectivity index (χ0n) is 10.3. The van der Waals surface area contributed by atoms with Crippen molar-refractivity contribution in [1.82, 2.24) is 0 Å². The first-order chi connectivity index (χ1) is 8.76. The Morgan fingerprint density at radius 3 is 2.79 bits per heavy atom. The molecule has 1 fully saturated rings. The minimum absolute atomic E-state index is 0.0766. The molecule has 1 aromatic rings. The molecule has 0 aliphatic carbocycles. The monoisotopic (exact) mass is 397 g/mol. The fourth-order valence-corrected chi connectivity index (χ4v) is 3.65. The molecule has 4 nitrogen and oxygen atoms in total. The van der Waals surface area contributed by atoms with Crippen molar-refractivity contribution >= 4 is 44.4 Å². The third kappa shape index (κ3) is 3.65. The molecule has 0 bridgehead atoms. The first-order valence-corrected chi connectivity index (χ1v) is 8.38. The molecular weight excluding hydrogens is 384 g/mol. The van der Waals surface area contributed by atoms with E-state index in [1.165, 1.54) is 0 Å². The second-order valence-electron chi connectivity index (χ2n) is 4.73. The number of carbonyl (C=O) groups excluding carboxylic acids is 1. The summed E-state index contributed by atoms with van der Waals surface area (Å²) in [4.78, 5) is 13.5. The highest BCUT2D eigenvalue weighted by Gasteiger charge is 2.34. The minimum Gasteiger partial charge on any atom is -0.311 e. The number of halogens is 2. The van der Waals surface area contributed by atoms with Gasteiger partial charge in [0.05, 0.1) is 11.4 Å². The number of nitrogens with zero attached hydrogens (tertiary/aromatic N) is 1. The van der Waals surface area contributed by atoms with Crippen LogP contribution >= 0.6 is 22.6 Å². The summed E-state index contributed by atoms with van der Waals surface area (Å²) < 4.78 is 34.9. The summed E-state index contributed by atoms with van der Waals surface area (Å²) in [6.07, 6.45) is 0.0766. The maximum atomic E-state index is 12.7. The van der Waals surface area contributed by atoms with Gasteiger partial charge in [0, 0.05) is 22.5 Å². The summed E-state index contributed by atoms with van der Waals surface area (Å²) in [6, 6.07) is 5.72. The zero-order valence-corrected chi connectivity index (χ0v) is 13.2. The Kier molecular flexibility index (Phi) is 4.14. The Bertz CT molecular complexity index is 617. The van der Waals surface area contributed by atoms with Crippen molar-refractivity contribution in [3.05, 3.63) is 27.3 Å². The molecular formula is C12H13FINO3S. The lowest BCUT2D eigenvalue weighted by Crippen LogP contribution is -2.26. The first kappa shape index (κ1) is 14.7. The summed E-state index contributed by atoms with van der Waals surface area (Å²) in [5.41, 5.74) is 1.79. The van der Waals surface area contributed by atoms with E-state index in [0.29, 0.717) is 0 Å². The van der Waals surface area contributed by atoms with Crippen molar-refractivity contribution < 1.29 is 17.1 Å². The molecule has 104 valence electrons. The quantitative estimate of drug-likeness (QED) is 0.581. The summed E-state index contributed by atoms with van der Waals surface area (Å²) in [5.74, 6) is -1.21. The Hall–Kier alpha value is -0.700. The van der Waals surface area contributed by atoms with Crippen molar-refractivity contribution in [3.8, 4) is 0 Å². The van der Waals surface area contributed by atoms with Gasteiger partial charge in [-0.05, 0) is 47.2 Å². The zero-order chi connectivity index (χ0) is 14.2. The van der Waals surface area contributed by atoms with Gasteiger partial charge in [0.25, 0.3) is 0 Å². The minimum atomic E-state index is -4.54. The van der Waals surface area contributed by atoms with Crippen molar-refractivity contribution in [3.63, 3.8) is 0 Å². The molecule has 1 aliphatic heterocycles. The maximum absolute atomic E-state index is 12.7. The predicted octanol–water partition coefficient (Wildman–Crippen LogP) is 2.25. The number of hydrogen-bond donors (Lipinski definition) is 0. The molecule has 0 N–H and O–H groups in total. The number of anilines is 1. The van der Waals surface area contributed by atoms with Crippen molar-refractivity contribution in [1.29, 1.82) is 0 Å². The molecule has 0 spiro atoms. The second kappa shape index (κ2) is 5.35. The van der Waals surface area contributed by atoms with E-state index in [2.05, 4.69) is 22.6 Å². The van der Waals surface area contributed by atoms with Crippen LogP contribution in [0, 0.1) is 16.4 Å². The molecule has 1 saturated heterocycles. The smallest absolute Gasteiger partial charge is 0.302 e. The number of benzene rings is 1. The van der Waals surface area contributed by atoms with Crippen LogP contribution in [0.3, 0.4) is 0 Å². The van der Waals surface area contributed by atoms with E-state index in [-0.39, 0.29) is 18.9 Å². The Morgan fingerprint density at radius 2 is 2.16 bits per heavy atom. The van der Waals surface area contributed by atoms with Gasteiger partial charge in [0.2, 0.25) is 5.91 Å². The van der Waals surface area contributed by atoms with Gasteiger partial charge in [-0.25, -0.2) is 0 Å². The molecule has 19 heavy (non-hydrogen) atoms.